The predicted octanol–water partition coefficient (Wildman–Crippen LogP) is 1.20. The number of benzene rings is 1. The average Bonchev–Trinajstić information content (AvgIpc) is 2.15. The number of rotatable bonds is 3. The number of aliphatic hydroxyl groups is 1. The van der Waals surface area contributed by atoms with Crippen LogP contribution in [0.3, 0.4) is 0 Å². The van der Waals surface area contributed by atoms with E-state index in [9.17, 15) is 0 Å². The van der Waals surface area contributed by atoms with Gasteiger partial charge in [-0.25, -0.2) is 0 Å². The third-order valence-electron chi connectivity index (χ3n) is 1.48. The van der Waals surface area contributed by atoms with Gasteiger partial charge in [0, 0.05) is 6.07 Å². The highest BCUT2D eigenvalue weighted by atomic mass is 16.5. The van der Waals surface area contributed by atoms with E-state index in [-0.39, 0.29) is 5.56 Å². The third-order valence-corrected chi connectivity index (χ3v) is 1.48. The first-order valence-electron chi connectivity index (χ1n) is 4.43. The standard InChI is InChI=1S/C9H12O3/c1-11-8-3-7(6-10)4-9(5-8)12-2/h3-5,10H,6H2,1-2H3/i6D2. The van der Waals surface area contributed by atoms with Crippen LogP contribution in [0.25, 0.3) is 0 Å². The molecule has 1 N–H and O–H groups in total. The summed E-state index contributed by atoms with van der Waals surface area (Å²) in [6, 6.07) is 4.44. The van der Waals surface area contributed by atoms with Crippen molar-refractivity contribution in [1.29, 1.82) is 0 Å². The van der Waals surface area contributed by atoms with Crippen LogP contribution in [-0.2, 0) is 6.56 Å². The van der Waals surface area contributed by atoms with Gasteiger partial charge in [0.1, 0.15) is 11.5 Å². The molecule has 1 rings (SSSR count). The molecule has 0 unspecified atom stereocenters. The zero-order valence-corrected chi connectivity index (χ0v) is 7.00. The molecule has 1 aromatic rings. The van der Waals surface area contributed by atoms with Crippen LogP contribution in [0.4, 0.5) is 0 Å². The first-order valence-corrected chi connectivity index (χ1v) is 3.43. The fraction of sp³-hybridized carbons (Fsp3) is 0.333. The SMILES string of the molecule is [2H]C([2H])(O)c1cc(OC)cc(OC)c1. The Hall–Kier alpha value is -1.22. The molecule has 3 heteroatoms. The lowest BCUT2D eigenvalue weighted by Gasteiger charge is -2.05. The highest BCUT2D eigenvalue weighted by Crippen LogP contribution is 2.22. The van der Waals surface area contributed by atoms with Crippen molar-refractivity contribution in [2.24, 2.45) is 0 Å². The molecule has 12 heavy (non-hydrogen) atoms. The van der Waals surface area contributed by atoms with Crippen LogP contribution in [0.2, 0.25) is 0 Å². The van der Waals surface area contributed by atoms with Gasteiger partial charge in [-0.3, -0.25) is 0 Å². The third kappa shape index (κ3) is 1.89. The van der Waals surface area contributed by atoms with Gasteiger partial charge in [0.15, 0.2) is 0 Å². The monoisotopic (exact) mass is 170 g/mol. The molecule has 0 bridgehead atoms. The van der Waals surface area contributed by atoms with Crippen LogP contribution in [0, 0.1) is 0 Å². The molecule has 0 saturated carbocycles. The molecule has 0 heterocycles. The summed E-state index contributed by atoms with van der Waals surface area (Å²) in [5, 5.41) is 9.15. The largest absolute Gasteiger partial charge is 0.497 e. The first kappa shape index (κ1) is 6.31. The Morgan fingerprint density at radius 2 is 1.75 bits per heavy atom. The second-order valence-corrected chi connectivity index (χ2v) is 2.21. The quantitative estimate of drug-likeness (QED) is 0.740. The summed E-state index contributed by atoms with van der Waals surface area (Å²) in [6.45, 7) is -2.39. The molecule has 1 aromatic carbocycles. The van der Waals surface area contributed by atoms with Crippen molar-refractivity contribution in [3.8, 4) is 11.5 Å². The summed E-state index contributed by atoms with van der Waals surface area (Å²) in [5.41, 5.74) is 0.105. The number of methoxy groups -OCH3 is 2. The summed E-state index contributed by atoms with van der Waals surface area (Å²) in [6.07, 6.45) is 0. The summed E-state index contributed by atoms with van der Waals surface area (Å²) in [5.74, 6) is 0.884. The number of hydrogen-bond acceptors (Lipinski definition) is 3. The molecule has 0 aliphatic carbocycles. The topological polar surface area (TPSA) is 38.7 Å². The molecule has 66 valence electrons. The minimum atomic E-state index is -2.39. The number of hydrogen-bond donors (Lipinski definition) is 1. The molecule has 0 aromatic heterocycles. The Bertz CT molecular complexity index is 298. The van der Waals surface area contributed by atoms with Crippen LogP contribution >= 0.6 is 0 Å². The Balaban J connectivity index is 3.17. The lowest BCUT2D eigenvalue weighted by atomic mass is 10.2. The molecular formula is C9H12O3. The summed E-state index contributed by atoms with van der Waals surface area (Å²) >= 11 is 0. The van der Waals surface area contributed by atoms with E-state index in [1.807, 2.05) is 0 Å². The van der Waals surface area contributed by atoms with E-state index in [1.54, 1.807) is 6.07 Å². The van der Waals surface area contributed by atoms with Gasteiger partial charge in [0.25, 0.3) is 0 Å². The van der Waals surface area contributed by atoms with Gasteiger partial charge in [-0.2, -0.15) is 0 Å². The van der Waals surface area contributed by atoms with Crippen molar-refractivity contribution in [1.82, 2.24) is 0 Å². The van der Waals surface area contributed by atoms with Gasteiger partial charge in [-0.1, -0.05) is 0 Å². The lowest BCUT2D eigenvalue weighted by Crippen LogP contribution is -1.90. The minimum Gasteiger partial charge on any atom is -0.497 e. The fourth-order valence-corrected chi connectivity index (χ4v) is 0.872. The van der Waals surface area contributed by atoms with Gasteiger partial charge in [0.05, 0.1) is 23.5 Å². The molecule has 0 atom stereocenters. The summed E-state index contributed by atoms with van der Waals surface area (Å²) in [7, 11) is 2.93. The maximum atomic E-state index is 9.15. The second-order valence-electron chi connectivity index (χ2n) is 2.21. The van der Waals surface area contributed by atoms with E-state index >= 15 is 0 Å². The van der Waals surface area contributed by atoms with Crippen LogP contribution in [0.1, 0.15) is 8.30 Å². The Morgan fingerprint density at radius 1 is 1.25 bits per heavy atom. The smallest absolute Gasteiger partial charge is 0.122 e. The van der Waals surface area contributed by atoms with Crippen molar-refractivity contribution in [2.75, 3.05) is 14.2 Å². The van der Waals surface area contributed by atoms with Gasteiger partial charge < -0.3 is 14.6 Å². The Kier molecular flexibility index (Phi) is 2.09. The van der Waals surface area contributed by atoms with E-state index < -0.39 is 6.56 Å². The van der Waals surface area contributed by atoms with E-state index in [0.29, 0.717) is 11.5 Å². The zero-order chi connectivity index (χ0) is 10.8. The van der Waals surface area contributed by atoms with Gasteiger partial charge in [-0.15, -0.1) is 0 Å². The van der Waals surface area contributed by atoms with Crippen molar-refractivity contribution >= 4 is 0 Å². The van der Waals surface area contributed by atoms with E-state index in [2.05, 4.69) is 0 Å². The van der Waals surface area contributed by atoms with Gasteiger partial charge in [0.2, 0.25) is 0 Å². The highest BCUT2D eigenvalue weighted by molar-refractivity contribution is 5.37. The van der Waals surface area contributed by atoms with E-state index in [1.165, 1.54) is 26.4 Å². The van der Waals surface area contributed by atoms with Crippen molar-refractivity contribution in [3.05, 3.63) is 23.8 Å². The molecule has 0 radical (unpaired) electrons. The lowest BCUT2D eigenvalue weighted by molar-refractivity contribution is 0.280. The maximum absolute atomic E-state index is 9.15. The van der Waals surface area contributed by atoms with E-state index in [0.717, 1.165) is 0 Å². The molecule has 0 fully saturated rings. The van der Waals surface area contributed by atoms with Gasteiger partial charge in [-0.05, 0) is 17.7 Å². The average molecular weight is 170 g/mol. The second kappa shape index (κ2) is 3.97. The fourth-order valence-electron chi connectivity index (χ4n) is 0.872. The van der Waals surface area contributed by atoms with Crippen LogP contribution in [0.5, 0.6) is 11.5 Å². The maximum Gasteiger partial charge on any atom is 0.122 e. The Morgan fingerprint density at radius 3 is 2.08 bits per heavy atom. The number of ether oxygens (including phenoxy) is 2. The summed E-state index contributed by atoms with van der Waals surface area (Å²) < 4.78 is 24.1. The van der Waals surface area contributed by atoms with Crippen molar-refractivity contribution < 1.29 is 17.3 Å². The minimum absolute atomic E-state index is 0.105. The Labute approximate surface area is 74.4 Å². The molecule has 0 spiro atoms. The first-order chi connectivity index (χ1) is 6.47. The predicted molar refractivity (Wildman–Crippen MR) is 45.5 cm³/mol. The van der Waals surface area contributed by atoms with Gasteiger partial charge >= 0.3 is 0 Å². The van der Waals surface area contributed by atoms with Crippen molar-refractivity contribution in [2.45, 2.75) is 6.56 Å². The van der Waals surface area contributed by atoms with Crippen LogP contribution in [-0.4, -0.2) is 19.3 Å². The molecule has 0 saturated heterocycles. The van der Waals surface area contributed by atoms with Crippen LogP contribution in [0.15, 0.2) is 18.2 Å². The molecule has 0 aliphatic heterocycles. The molecule has 0 aliphatic rings. The van der Waals surface area contributed by atoms with Crippen LogP contribution < -0.4 is 9.47 Å². The van der Waals surface area contributed by atoms with E-state index in [4.69, 9.17) is 17.3 Å². The summed E-state index contributed by atoms with van der Waals surface area (Å²) in [4.78, 5) is 0. The molecular weight excluding hydrogens is 156 g/mol. The highest BCUT2D eigenvalue weighted by Gasteiger charge is 1.99. The zero-order valence-electron chi connectivity index (χ0n) is 9.00. The molecule has 3 nitrogen and oxygen atoms in total. The molecule has 0 amide bonds. The van der Waals surface area contributed by atoms with Crippen molar-refractivity contribution in [3.63, 3.8) is 0 Å². The normalized spacial score (nSPS) is 13.2.